The van der Waals surface area contributed by atoms with E-state index in [1.807, 2.05) is 12.1 Å². The molecule has 1 aromatic heterocycles. The van der Waals surface area contributed by atoms with Crippen molar-refractivity contribution < 1.29 is 4.79 Å². The zero-order valence-corrected chi connectivity index (χ0v) is 13.6. The molecule has 2 heterocycles. The normalized spacial score (nSPS) is 31.2. The molecule has 2 aliphatic rings. The molecular weight excluding hydrogens is 318 g/mol. The number of fused-ring (bicyclic) bond motifs is 1. The van der Waals surface area contributed by atoms with Gasteiger partial charge in [0.05, 0.1) is 6.04 Å². The van der Waals surface area contributed by atoms with Crippen LogP contribution in [-0.2, 0) is 4.79 Å². The maximum atomic E-state index is 12.4. The Bertz CT molecular complexity index is 560. The molecule has 4 nitrogen and oxygen atoms in total. The summed E-state index contributed by atoms with van der Waals surface area (Å²) in [4.78, 5) is 16.8. The molecule has 0 radical (unpaired) electrons. The van der Waals surface area contributed by atoms with Crippen LogP contribution in [0.15, 0.2) is 16.7 Å². The van der Waals surface area contributed by atoms with Gasteiger partial charge in [-0.3, -0.25) is 4.79 Å². The molecule has 1 unspecified atom stereocenters. The maximum Gasteiger partial charge on any atom is 0.242 e. The number of anilines is 1. The van der Waals surface area contributed by atoms with Gasteiger partial charge in [0.1, 0.15) is 10.4 Å². The second-order valence-corrected chi connectivity index (χ2v) is 7.36. The summed E-state index contributed by atoms with van der Waals surface area (Å²) >= 11 is 3.37. The van der Waals surface area contributed by atoms with E-state index in [1.165, 1.54) is 6.42 Å². The number of amides is 1. The number of aromatic nitrogens is 1. The largest absolute Gasteiger partial charge is 0.309 e. The van der Waals surface area contributed by atoms with Crippen LogP contribution >= 0.6 is 15.9 Å². The molecule has 1 saturated heterocycles. The highest BCUT2D eigenvalue weighted by atomic mass is 79.9. The molecule has 1 saturated carbocycles. The predicted molar refractivity (Wildman–Crippen MR) is 82.7 cm³/mol. The zero-order chi connectivity index (χ0) is 14.5. The minimum absolute atomic E-state index is 0.0333. The van der Waals surface area contributed by atoms with E-state index in [0.717, 1.165) is 16.6 Å². The number of halogens is 1. The van der Waals surface area contributed by atoms with E-state index < -0.39 is 0 Å². The van der Waals surface area contributed by atoms with Crippen molar-refractivity contribution in [1.29, 1.82) is 0 Å². The molecule has 108 valence electrons. The number of rotatable bonds is 3. The molecule has 3 rings (SSSR count). The quantitative estimate of drug-likeness (QED) is 0.833. The van der Waals surface area contributed by atoms with Crippen LogP contribution in [0.4, 0.5) is 5.82 Å². The minimum Gasteiger partial charge on any atom is -0.309 e. The van der Waals surface area contributed by atoms with Crippen LogP contribution in [0.5, 0.6) is 0 Å². The van der Waals surface area contributed by atoms with Gasteiger partial charge in [-0.05, 0) is 51.7 Å². The summed E-state index contributed by atoms with van der Waals surface area (Å²) in [5, 5.41) is 6.39. The summed E-state index contributed by atoms with van der Waals surface area (Å²) in [6, 6.07) is 4.37. The van der Waals surface area contributed by atoms with Gasteiger partial charge < -0.3 is 10.6 Å². The number of hydrogen-bond acceptors (Lipinski definition) is 3. The second kappa shape index (κ2) is 4.81. The number of pyridine rings is 1. The molecule has 1 aromatic rings. The molecular formula is C15H20BrN3O. The molecule has 2 N–H and O–H groups in total. The van der Waals surface area contributed by atoms with Gasteiger partial charge in [0.2, 0.25) is 5.91 Å². The van der Waals surface area contributed by atoms with Crippen molar-refractivity contribution in [3.8, 4) is 0 Å². The summed E-state index contributed by atoms with van der Waals surface area (Å²) < 4.78 is 0.742. The Morgan fingerprint density at radius 3 is 2.85 bits per heavy atom. The molecule has 1 aliphatic heterocycles. The molecule has 0 spiro atoms. The third-order valence-electron chi connectivity index (χ3n) is 4.50. The first kappa shape index (κ1) is 14.0. The SMILES string of the molecule is CC(C)c1ccc(Br)nc1NC(=O)[C@@H]1C[C@@]2(C)CC2N1. The summed E-state index contributed by atoms with van der Waals surface area (Å²) in [6.45, 7) is 6.45. The van der Waals surface area contributed by atoms with E-state index in [4.69, 9.17) is 0 Å². The average molecular weight is 338 g/mol. The Morgan fingerprint density at radius 2 is 2.25 bits per heavy atom. The first-order valence-corrected chi connectivity index (χ1v) is 7.92. The van der Waals surface area contributed by atoms with E-state index in [1.54, 1.807) is 0 Å². The lowest BCUT2D eigenvalue weighted by Crippen LogP contribution is -2.38. The van der Waals surface area contributed by atoms with Crippen LogP contribution < -0.4 is 10.6 Å². The van der Waals surface area contributed by atoms with Gasteiger partial charge in [-0.15, -0.1) is 0 Å². The summed E-state index contributed by atoms with van der Waals surface area (Å²) in [5.74, 6) is 1.03. The van der Waals surface area contributed by atoms with Crippen molar-refractivity contribution >= 4 is 27.7 Å². The molecule has 1 amide bonds. The first-order valence-electron chi connectivity index (χ1n) is 7.12. The summed E-state index contributed by atoms with van der Waals surface area (Å²) in [6.07, 6.45) is 2.12. The number of hydrogen-bond donors (Lipinski definition) is 2. The Hall–Kier alpha value is -0.940. The Morgan fingerprint density at radius 1 is 1.50 bits per heavy atom. The average Bonchev–Trinajstić information content (AvgIpc) is 2.87. The summed E-state index contributed by atoms with van der Waals surface area (Å²) in [5.41, 5.74) is 1.41. The van der Waals surface area contributed by atoms with Gasteiger partial charge in [-0.25, -0.2) is 4.98 Å². The van der Waals surface area contributed by atoms with Crippen LogP contribution in [0, 0.1) is 5.41 Å². The van der Waals surface area contributed by atoms with Crippen molar-refractivity contribution in [2.45, 2.75) is 51.6 Å². The Kier molecular flexibility index (Phi) is 3.37. The van der Waals surface area contributed by atoms with Gasteiger partial charge in [0.25, 0.3) is 0 Å². The number of nitrogens with one attached hydrogen (secondary N) is 2. The van der Waals surface area contributed by atoms with E-state index in [0.29, 0.717) is 23.2 Å². The van der Waals surface area contributed by atoms with Crippen molar-refractivity contribution in [2.24, 2.45) is 5.41 Å². The van der Waals surface area contributed by atoms with Crippen LogP contribution in [0.25, 0.3) is 0 Å². The number of carbonyl (C=O) groups excluding carboxylic acids is 1. The van der Waals surface area contributed by atoms with Gasteiger partial charge in [0, 0.05) is 6.04 Å². The van der Waals surface area contributed by atoms with Crippen LogP contribution in [0.1, 0.15) is 45.1 Å². The predicted octanol–water partition coefficient (Wildman–Crippen LogP) is 3.05. The fourth-order valence-corrected chi connectivity index (χ4v) is 3.35. The van der Waals surface area contributed by atoms with Gasteiger partial charge in [0.15, 0.2) is 0 Å². The monoisotopic (exact) mass is 337 g/mol. The molecule has 0 bridgehead atoms. The fourth-order valence-electron chi connectivity index (χ4n) is 3.05. The molecule has 1 aliphatic carbocycles. The maximum absolute atomic E-state index is 12.4. The van der Waals surface area contributed by atoms with Crippen molar-refractivity contribution in [3.63, 3.8) is 0 Å². The Labute approximate surface area is 127 Å². The van der Waals surface area contributed by atoms with Crippen molar-refractivity contribution in [1.82, 2.24) is 10.3 Å². The third kappa shape index (κ3) is 2.49. The third-order valence-corrected chi connectivity index (χ3v) is 4.94. The number of carbonyl (C=O) groups is 1. The lowest BCUT2D eigenvalue weighted by molar-refractivity contribution is -0.118. The van der Waals surface area contributed by atoms with E-state index in [9.17, 15) is 4.79 Å². The topological polar surface area (TPSA) is 54.0 Å². The number of nitrogens with zero attached hydrogens (tertiary/aromatic N) is 1. The van der Waals surface area contributed by atoms with Gasteiger partial charge in [-0.1, -0.05) is 26.8 Å². The zero-order valence-electron chi connectivity index (χ0n) is 12.0. The summed E-state index contributed by atoms with van der Waals surface area (Å²) in [7, 11) is 0. The van der Waals surface area contributed by atoms with Gasteiger partial charge >= 0.3 is 0 Å². The highest BCUT2D eigenvalue weighted by Crippen LogP contribution is 2.53. The number of piperidine rings is 1. The molecule has 5 heteroatoms. The standard InChI is InChI=1S/C15H20BrN3O/c1-8(2)9-4-5-12(16)18-13(9)19-14(20)10-6-15(3)7-11(15)17-10/h4-5,8,10-11,17H,6-7H2,1-3H3,(H,18,19,20)/t10-,11?,15-/m0/s1. The van der Waals surface area contributed by atoms with Crippen LogP contribution in [0.3, 0.4) is 0 Å². The van der Waals surface area contributed by atoms with Crippen LogP contribution in [0.2, 0.25) is 0 Å². The lowest BCUT2D eigenvalue weighted by atomic mass is 10.0. The van der Waals surface area contributed by atoms with Crippen molar-refractivity contribution in [3.05, 3.63) is 22.3 Å². The highest BCUT2D eigenvalue weighted by Gasteiger charge is 2.58. The molecule has 20 heavy (non-hydrogen) atoms. The smallest absolute Gasteiger partial charge is 0.242 e. The van der Waals surface area contributed by atoms with E-state index in [2.05, 4.69) is 52.3 Å². The van der Waals surface area contributed by atoms with Gasteiger partial charge in [-0.2, -0.15) is 0 Å². The second-order valence-electron chi connectivity index (χ2n) is 6.55. The van der Waals surface area contributed by atoms with E-state index >= 15 is 0 Å². The molecule has 3 atom stereocenters. The lowest BCUT2D eigenvalue weighted by Gasteiger charge is -2.17. The Balaban J connectivity index is 1.74. The van der Waals surface area contributed by atoms with E-state index in [-0.39, 0.29) is 11.9 Å². The van der Waals surface area contributed by atoms with Crippen LogP contribution in [-0.4, -0.2) is 23.0 Å². The fraction of sp³-hybridized carbons (Fsp3) is 0.600. The molecule has 0 aromatic carbocycles. The first-order chi connectivity index (χ1) is 9.39. The highest BCUT2D eigenvalue weighted by molar-refractivity contribution is 9.10. The molecule has 2 fully saturated rings. The minimum atomic E-state index is -0.0838. The van der Waals surface area contributed by atoms with Crippen molar-refractivity contribution in [2.75, 3.05) is 5.32 Å².